The summed E-state index contributed by atoms with van der Waals surface area (Å²) < 4.78 is 10.8. The normalized spacial score (nSPS) is 11.3. The van der Waals surface area contributed by atoms with Crippen LogP contribution in [0.1, 0.15) is 25.0 Å². The number of fused-ring (bicyclic) bond motifs is 2. The summed E-state index contributed by atoms with van der Waals surface area (Å²) in [5.41, 5.74) is 3.71. The van der Waals surface area contributed by atoms with Crippen LogP contribution in [-0.2, 0) is 12.8 Å². The topological polar surface area (TPSA) is 60.4 Å². The van der Waals surface area contributed by atoms with Crippen molar-refractivity contribution in [3.63, 3.8) is 0 Å². The van der Waals surface area contributed by atoms with E-state index in [1.165, 1.54) is 12.1 Å². The van der Waals surface area contributed by atoms with Crippen molar-refractivity contribution in [2.24, 2.45) is 0 Å². The van der Waals surface area contributed by atoms with Crippen LogP contribution >= 0.6 is 0 Å². The molecule has 0 aliphatic heterocycles. The van der Waals surface area contributed by atoms with Crippen LogP contribution in [0.15, 0.2) is 67.0 Å². The Morgan fingerprint density at radius 2 is 1.08 bits per heavy atom. The predicted molar refractivity (Wildman–Crippen MR) is 103 cm³/mol. The summed E-state index contributed by atoms with van der Waals surface area (Å²) in [4.78, 5) is 24.3. The van der Waals surface area contributed by atoms with Gasteiger partial charge in [-0.3, -0.25) is 0 Å². The molecule has 0 aliphatic carbocycles. The van der Waals surface area contributed by atoms with Crippen LogP contribution in [0.5, 0.6) is 0 Å². The van der Waals surface area contributed by atoms with Crippen LogP contribution in [0.25, 0.3) is 33.1 Å². The molecule has 0 radical (unpaired) electrons. The maximum absolute atomic E-state index is 12.1. The second kappa shape index (κ2) is 6.30. The lowest BCUT2D eigenvalue weighted by molar-refractivity contribution is 0.558. The summed E-state index contributed by atoms with van der Waals surface area (Å²) in [5, 5.41) is 1.60. The van der Waals surface area contributed by atoms with Crippen molar-refractivity contribution in [3.05, 3.63) is 80.5 Å². The Labute approximate surface area is 149 Å². The zero-order chi connectivity index (χ0) is 18.3. The quantitative estimate of drug-likeness (QED) is 0.505. The number of hydrogen-bond donors (Lipinski definition) is 0. The molecule has 2 aromatic carbocycles. The summed E-state index contributed by atoms with van der Waals surface area (Å²) in [6.45, 7) is 4.09. The summed E-state index contributed by atoms with van der Waals surface area (Å²) in [6, 6.07) is 14.5. The number of aryl methyl sites for hydroxylation is 2. The highest BCUT2D eigenvalue weighted by molar-refractivity contribution is 6.02. The number of rotatable bonds is 3. The van der Waals surface area contributed by atoms with Crippen LogP contribution in [0.3, 0.4) is 0 Å². The van der Waals surface area contributed by atoms with E-state index in [4.69, 9.17) is 8.83 Å². The zero-order valence-corrected chi connectivity index (χ0v) is 14.7. The third-order valence-corrected chi connectivity index (χ3v) is 4.72. The molecule has 4 aromatic rings. The molecule has 130 valence electrons. The van der Waals surface area contributed by atoms with Gasteiger partial charge in [0.05, 0.1) is 0 Å². The molecular weight excluding hydrogens is 328 g/mol. The second-order valence-electron chi connectivity index (χ2n) is 6.33. The van der Waals surface area contributed by atoms with Gasteiger partial charge in [0.25, 0.3) is 0 Å². The largest absolute Gasteiger partial charge is 0.423 e. The second-order valence-corrected chi connectivity index (χ2v) is 6.33. The van der Waals surface area contributed by atoms with Gasteiger partial charge in [-0.15, -0.1) is 0 Å². The van der Waals surface area contributed by atoms with Gasteiger partial charge in [-0.05, 0) is 36.1 Å². The number of hydrogen-bond acceptors (Lipinski definition) is 4. The Bertz CT molecular complexity index is 1150. The average molecular weight is 346 g/mol. The molecule has 26 heavy (non-hydrogen) atoms. The van der Waals surface area contributed by atoms with Gasteiger partial charge < -0.3 is 8.83 Å². The van der Waals surface area contributed by atoms with E-state index in [0.29, 0.717) is 22.3 Å². The van der Waals surface area contributed by atoms with Crippen molar-refractivity contribution in [1.82, 2.24) is 0 Å². The van der Waals surface area contributed by atoms with Crippen molar-refractivity contribution in [3.8, 4) is 11.1 Å². The third kappa shape index (κ3) is 2.73. The molecule has 2 heterocycles. The van der Waals surface area contributed by atoms with E-state index >= 15 is 0 Å². The highest BCUT2D eigenvalue weighted by Crippen LogP contribution is 2.32. The fourth-order valence-corrected chi connectivity index (χ4v) is 3.30. The van der Waals surface area contributed by atoms with Gasteiger partial charge >= 0.3 is 11.3 Å². The highest BCUT2D eigenvalue weighted by atomic mass is 16.4. The maximum Gasteiger partial charge on any atom is 0.336 e. The lowest BCUT2D eigenvalue weighted by Gasteiger charge is -2.10. The molecule has 0 atom stereocenters. The molecule has 0 bridgehead atoms. The van der Waals surface area contributed by atoms with E-state index < -0.39 is 11.3 Å². The molecule has 0 saturated heterocycles. The van der Waals surface area contributed by atoms with Gasteiger partial charge in [-0.1, -0.05) is 38.1 Å². The third-order valence-electron chi connectivity index (χ3n) is 4.72. The van der Waals surface area contributed by atoms with Gasteiger partial charge in [0.1, 0.15) is 11.2 Å². The first-order chi connectivity index (χ1) is 12.6. The summed E-state index contributed by atoms with van der Waals surface area (Å²) in [7, 11) is 0. The standard InChI is InChI=1S/C22H18O4/c1-3-13-5-7-15-17(11-21(23)25-19(15)9-13)18-12-22(24)26-20-10-14(4-2)6-8-16(18)20/h5-12H,3-4H2,1-2H3. The Balaban J connectivity index is 2.10. The average Bonchev–Trinajstić information content (AvgIpc) is 2.65. The molecule has 0 unspecified atom stereocenters. The van der Waals surface area contributed by atoms with Gasteiger partial charge in [0.2, 0.25) is 0 Å². The molecule has 4 rings (SSSR count). The Hall–Kier alpha value is -3.14. The van der Waals surface area contributed by atoms with Gasteiger partial charge in [0.15, 0.2) is 0 Å². The molecule has 0 saturated carbocycles. The minimum Gasteiger partial charge on any atom is -0.423 e. The predicted octanol–water partition coefficient (Wildman–Crippen LogP) is 4.69. The molecule has 0 N–H and O–H groups in total. The first-order valence-electron chi connectivity index (χ1n) is 8.73. The van der Waals surface area contributed by atoms with Gasteiger partial charge in [-0.25, -0.2) is 9.59 Å². The van der Waals surface area contributed by atoms with E-state index in [1.54, 1.807) is 0 Å². The molecule has 0 aliphatic rings. The Kier molecular flexibility index (Phi) is 3.96. The van der Waals surface area contributed by atoms with Crippen LogP contribution < -0.4 is 11.3 Å². The van der Waals surface area contributed by atoms with Crippen LogP contribution in [0.2, 0.25) is 0 Å². The number of benzene rings is 2. The molecule has 0 fully saturated rings. The fourth-order valence-electron chi connectivity index (χ4n) is 3.30. The molecule has 2 aromatic heterocycles. The molecule has 4 heteroatoms. The van der Waals surface area contributed by atoms with E-state index in [1.807, 2.05) is 50.2 Å². The van der Waals surface area contributed by atoms with Crippen LogP contribution in [0.4, 0.5) is 0 Å². The van der Waals surface area contributed by atoms with Crippen LogP contribution in [-0.4, -0.2) is 0 Å². The van der Waals surface area contributed by atoms with E-state index in [-0.39, 0.29) is 0 Å². The van der Waals surface area contributed by atoms with E-state index in [9.17, 15) is 9.59 Å². The van der Waals surface area contributed by atoms with Crippen molar-refractivity contribution in [1.29, 1.82) is 0 Å². The highest BCUT2D eigenvalue weighted by Gasteiger charge is 2.14. The van der Waals surface area contributed by atoms with Crippen molar-refractivity contribution >= 4 is 21.9 Å². The first kappa shape index (κ1) is 16.3. The zero-order valence-electron chi connectivity index (χ0n) is 14.7. The van der Waals surface area contributed by atoms with Gasteiger partial charge in [-0.2, -0.15) is 0 Å². The smallest absolute Gasteiger partial charge is 0.336 e. The van der Waals surface area contributed by atoms with E-state index in [2.05, 4.69) is 0 Å². The van der Waals surface area contributed by atoms with Crippen molar-refractivity contribution in [2.75, 3.05) is 0 Å². The Morgan fingerprint density at radius 3 is 1.46 bits per heavy atom. The summed E-state index contributed by atoms with van der Waals surface area (Å²) in [6.07, 6.45) is 1.70. The lowest BCUT2D eigenvalue weighted by Crippen LogP contribution is -2.02. The molecular formula is C22H18O4. The van der Waals surface area contributed by atoms with E-state index in [0.717, 1.165) is 34.7 Å². The van der Waals surface area contributed by atoms with Gasteiger partial charge in [0, 0.05) is 34.0 Å². The summed E-state index contributed by atoms with van der Waals surface area (Å²) in [5.74, 6) is 0. The minimum atomic E-state index is -0.438. The molecule has 4 nitrogen and oxygen atoms in total. The van der Waals surface area contributed by atoms with Crippen LogP contribution in [0, 0.1) is 0 Å². The Morgan fingerprint density at radius 1 is 0.654 bits per heavy atom. The monoisotopic (exact) mass is 346 g/mol. The SMILES string of the molecule is CCc1ccc2c(-c3cc(=O)oc4cc(CC)ccc34)cc(=O)oc2c1. The molecule has 0 spiro atoms. The summed E-state index contributed by atoms with van der Waals surface area (Å²) >= 11 is 0. The maximum atomic E-state index is 12.1. The molecule has 0 amide bonds. The first-order valence-corrected chi connectivity index (χ1v) is 8.73. The van der Waals surface area contributed by atoms with Crippen molar-refractivity contribution in [2.45, 2.75) is 26.7 Å². The minimum absolute atomic E-state index is 0.438. The lowest BCUT2D eigenvalue weighted by atomic mass is 9.97. The fraction of sp³-hybridized carbons (Fsp3) is 0.182. The van der Waals surface area contributed by atoms with Crippen molar-refractivity contribution < 1.29 is 8.83 Å².